The van der Waals surface area contributed by atoms with Crippen molar-refractivity contribution in [2.75, 3.05) is 5.73 Å². The number of anilines is 1. The summed E-state index contributed by atoms with van der Waals surface area (Å²) in [5, 5.41) is 0. The summed E-state index contributed by atoms with van der Waals surface area (Å²) in [7, 11) is 0. The number of nitrogens with zero attached hydrogens (tertiary/aromatic N) is 4. The summed E-state index contributed by atoms with van der Waals surface area (Å²) >= 11 is 1.11. The maximum Gasteiger partial charge on any atom is 0.168 e. The molecular formula is C7H9N5S. The normalized spacial score (nSPS) is 10.5. The van der Waals surface area contributed by atoms with Crippen LogP contribution in [0.1, 0.15) is 6.92 Å². The molecule has 0 radical (unpaired) electrons. The van der Waals surface area contributed by atoms with Crippen LogP contribution < -0.4 is 5.73 Å². The highest BCUT2D eigenvalue weighted by atomic mass is 32.1. The number of hydrogen-bond acceptors (Lipinski definition) is 5. The molecular weight excluding hydrogens is 186 g/mol. The van der Waals surface area contributed by atoms with E-state index in [2.05, 4.69) is 13.7 Å². The van der Waals surface area contributed by atoms with Crippen molar-refractivity contribution in [2.24, 2.45) is 0 Å². The van der Waals surface area contributed by atoms with E-state index in [-0.39, 0.29) is 0 Å². The maximum absolute atomic E-state index is 5.64. The molecule has 6 heteroatoms. The first-order valence-corrected chi connectivity index (χ1v) is 4.65. The third kappa shape index (κ3) is 1.29. The standard InChI is InChI=1S/C7H9N5S/c1-2-12-4-3-9-7(12)5-6(8)11-13-10-5/h3-4H,2H2,1H3,(H2,8,11). The Balaban J connectivity index is 2.52. The van der Waals surface area contributed by atoms with E-state index in [9.17, 15) is 0 Å². The summed E-state index contributed by atoms with van der Waals surface area (Å²) in [6, 6.07) is 0. The second-order valence-electron chi connectivity index (χ2n) is 2.53. The van der Waals surface area contributed by atoms with Crippen LogP contribution in [-0.2, 0) is 6.54 Å². The van der Waals surface area contributed by atoms with Gasteiger partial charge in [0.05, 0.1) is 11.7 Å². The molecule has 0 aromatic carbocycles. The van der Waals surface area contributed by atoms with E-state index >= 15 is 0 Å². The average Bonchev–Trinajstić information content (AvgIpc) is 2.71. The fraction of sp³-hybridized carbons (Fsp3) is 0.286. The van der Waals surface area contributed by atoms with Crippen molar-refractivity contribution in [3.63, 3.8) is 0 Å². The Hall–Kier alpha value is -1.43. The molecule has 2 N–H and O–H groups in total. The number of nitrogen functional groups attached to an aromatic ring is 1. The molecule has 0 bridgehead atoms. The van der Waals surface area contributed by atoms with E-state index in [1.165, 1.54) is 0 Å². The Labute approximate surface area is 79.6 Å². The second kappa shape index (κ2) is 3.14. The van der Waals surface area contributed by atoms with Crippen LogP contribution in [0.5, 0.6) is 0 Å². The Kier molecular flexibility index (Phi) is 1.97. The predicted octanol–water partition coefficient (Wildman–Crippen LogP) is 1.00. The molecule has 0 fully saturated rings. The Morgan fingerprint density at radius 2 is 2.38 bits per heavy atom. The van der Waals surface area contributed by atoms with Crippen molar-refractivity contribution in [2.45, 2.75) is 13.5 Å². The molecule has 0 saturated carbocycles. The van der Waals surface area contributed by atoms with Crippen molar-refractivity contribution in [3.8, 4) is 11.5 Å². The maximum atomic E-state index is 5.64. The molecule has 0 amide bonds. The third-order valence-electron chi connectivity index (χ3n) is 1.78. The Morgan fingerprint density at radius 3 is 3.00 bits per heavy atom. The van der Waals surface area contributed by atoms with Gasteiger partial charge in [0.15, 0.2) is 17.3 Å². The van der Waals surface area contributed by atoms with Crippen LogP contribution in [0.4, 0.5) is 5.82 Å². The summed E-state index contributed by atoms with van der Waals surface area (Å²) in [6.07, 6.45) is 3.63. The van der Waals surface area contributed by atoms with E-state index < -0.39 is 0 Å². The minimum atomic E-state index is 0.450. The van der Waals surface area contributed by atoms with Crippen LogP contribution in [0.25, 0.3) is 11.5 Å². The van der Waals surface area contributed by atoms with E-state index in [0.717, 1.165) is 24.1 Å². The predicted molar refractivity (Wildman–Crippen MR) is 51.2 cm³/mol. The lowest BCUT2D eigenvalue weighted by molar-refractivity contribution is 0.769. The van der Waals surface area contributed by atoms with Gasteiger partial charge in [0, 0.05) is 18.9 Å². The molecule has 0 aliphatic heterocycles. The lowest BCUT2D eigenvalue weighted by Crippen LogP contribution is -1.98. The van der Waals surface area contributed by atoms with Crippen molar-refractivity contribution in [1.82, 2.24) is 18.3 Å². The molecule has 5 nitrogen and oxygen atoms in total. The highest BCUT2D eigenvalue weighted by Gasteiger charge is 2.11. The minimum Gasteiger partial charge on any atom is -0.381 e. The fourth-order valence-electron chi connectivity index (χ4n) is 1.13. The summed E-state index contributed by atoms with van der Waals surface area (Å²) in [6.45, 7) is 2.90. The van der Waals surface area contributed by atoms with Crippen LogP contribution in [0.2, 0.25) is 0 Å². The molecule has 13 heavy (non-hydrogen) atoms. The highest BCUT2D eigenvalue weighted by Crippen LogP contribution is 2.21. The minimum absolute atomic E-state index is 0.450. The molecule has 0 aliphatic carbocycles. The van der Waals surface area contributed by atoms with E-state index in [1.807, 2.05) is 17.7 Å². The van der Waals surface area contributed by atoms with E-state index in [1.54, 1.807) is 6.20 Å². The quantitative estimate of drug-likeness (QED) is 0.776. The number of aryl methyl sites for hydroxylation is 1. The summed E-state index contributed by atoms with van der Waals surface area (Å²) < 4.78 is 9.97. The SMILES string of the molecule is CCn1ccnc1-c1nsnc1N. The van der Waals surface area contributed by atoms with Gasteiger partial charge in [-0.15, -0.1) is 0 Å². The molecule has 0 unspecified atom stereocenters. The van der Waals surface area contributed by atoms with Crippen LogP contribution in [-0.4, -0.2) is 18.3 Å². The van der Waals surface area contributed by atoms with Crippen LogP contribution >= 0.6 is 11.7 Å². The largest absolute Gasteiger partial charge is 0.381 e. The number of aromatic nitrogens is 4. The zero-order chi connectivity index (χ0) is 9.26. The van der Waals surface area contributed by atoms with Gasteiger partial charge >= 0.3 is 0 Å². The Morgan fingerprint density at radius 1 is 1.54 bits per heavy atom. The van der Waals surface area contributed by atoms with E-state index in [0.29, 0.717) is 11.5 Å². The van der Waals surface area contributed by atoms with Crippen molar-refractivity contribution < 1.29 is 0 Å². The number of hydrogen-bond donors (Lipinski definition) is 1. The smallest absolute Gasteiger partial charge is 0.168 e. The summed E-state index contributed by atoms with van der Waals surface area (Å²) in [4.78, 5) is 4.18. The third-order valence-corrected chi connectivity index (χ3v) is 2.32. The van der Waals surface area contributed by atoms with Crippen LogP contribution in [0, 0.1) is 0 Å². The summed E-state index contributed by atoms with van der Waals surface area (Å²) in [5.41, 5.74) is 6.32. The number of imidazole rings is 1. The van der Waals surface area contributed by atoms with Gasteiger partial charge in [0.25, 0.3) is 0 Å². The van der Waals surface area contributed by atoms with Crippen LogP contribution in [0.3, 0.4) is 0 Å². The van der Waals surface area contributed by atoms with Gasteiger partial charge in [0.1, 0.15) is 0 Å². The highest BCUT2D eigenvalue weighted by molar-refractivity contribution is 6.99. The van der Waals surface area contributed by atoms with Gasteiger partial charge in [-0.1, -0.05) is 0 Å². The molecule has 0 saturated heterocycles. The van der Waals surface area contributed by atoms with Gasteiger partial charge in [-0.05, 0) is 6.92 Å². The van der Waals surface area contributed by atoms with Crippen molar-refractivity contribution in [1.29, 1.82) is 0 Å². The van der Waals surface area contributed by atoms with Gasteiger partial charge in [-0.2, -0.15) is 8.75 Å². The van der Waals surface area contributed by atoms with Gasteiger partial charge in [-0.3, -0.25) is 0 Å². The van der Waals surface area contributed by atoms with Gasteiger partial charge < -0.3 is 10.3 Å². The van der Waals surface area contributed by atoms with Crippen LogP contribution in [0.15, 0.2) is 12.4 Å². The zero-order valence-corrected chi connectivity index (χ0v) is 7.95. The molecule has 0 atom stereocenters. The topological polar surface area (TPSA) is 69.6 Å². The first kappa shape index (κ1) is 8.18. The zero-order valence-electron chi connectivity index (χ0n) is 7.14. The number of nitrogens with two attached hydrogens (primary N) is 1. The molecule has 0 aliphatic rings. The molecule has 2 aromatic heterocycles. The Bertz CT molecular complexity index is 404. The molecule has 0 spiro atoms. The van der Waals surface area contributed by atoms with Gasteiger partial charge in [-0.25, -0.2) is 4.98 Å². The molecule has 2 heterocycles. The van der Waals surface area contributed by atoms with E-state index in [4.69, 9.17) is 5.73 Å². The molecule has 68 valence electrons. The monoisotopic (exact) mass is 195 g/mol. The molecule has 2 aromatic rings. The summed E-state index contributed by atoms with van der Waals surface area (Å²) in [5.74, 6) is 1.24. The number of rotatable bonds is 2. The first-order valence-electron chi connectivity index (χ1n) is 3.92. The van der Waals surface area contributed by atoms with Crippen molar-refractivity contribution >= 4 is 17.5 Å². The first-order chi connectivity index (χ1) is 6.33. The van der Waals surface area contributed by atoms with Gasteiger partial charge in [0.2, 0.25) is 0 Å². The lowest BCUT2D eigenvalue weighted by atomic mass is 10.4. The lowest BCUT2D eigenvalue weighted by Gasteiger charge is -2.00. The second-order valence-corrected chi connectivity index (χ2v) is 3.06. The average molecular weight is 195 g/mol. The molecule has 2 rings (SSSR count). The van der Waals surface area contributed by atoms with Crippen molar-refractivity contribution in [3.05, 3.63) is 12.4 Å². The fourth-order valence-corrected chi connectivity index (χ4v) is 1.60.